The Kier molecular flexibility index (Phi) is 8.17. The lowest BCUT2D eigenvalue weighted by molar-refractivity contribution is -0.127. The number of carbonyl (C=O) groups is 3. The number of hydrogen-bond donors (Lipinski definition) is 1. The van der Waals surface area contributed by atoms with E-state index in [1.165, 1.54) is 0 Å². The first-order valence-electron chi connectivity index (χ1n) is 10.8. The number of ether oxygens (including phenoxy) is 2. The predicted molar refractivity (Wildman–Crippen MR) is 135 cm³/mol. The zero-order valence-corrected chi connectivity index (χ0v) is 20.6. The molecule has 1 aliphatic heterocycles. The zero-order valence-electron chi connectivity index (χ0n) is 19.8. The molecule has 8 heteroatoms. The molecule has 1 heterocycles. The van der Waals surface area contributed by atoms with Crippen LogP contribution in [0, 0.1) is 13.8 Å². The molecule has 0 radical (unpaired) electrons. The van der Waals surface area contributed by atoms with E-state index in [0.29, 0.717) is 35.8 Å². The lowest BCUT2D eigenvalue weighted by Gasteiger charge is -2.15. The normalized spacial score (nSPS) is 14.5. The summed E-state index contributed by atoms with van der Waals surface area (Å²) in [5.41, 5.74) is 4.16. The van der Waals surface area contributed by atoms with E-state index in [2.05, 4.69) is 11.9 Å². The number of rotatable bonds is 9. The molecule has 0 spiro atoms. The number of nitrogens with one attached hydrogen (secondary N) is 1. The first-order valence-corrected chi connectivity index (χ1v) is 11.7. The third-order valence-electron chi connectivity index (χ3n) is 5.37. The van der Waals surface area contributed by atoms with Crippen molar-refractivity contribution in [1.29, 1.82) is 0 Å². The highest BCUT2D eigenvalue weighted by atomic mass is 32.2. The number of thioether (sulfide) groups is 1. The SMILES string of the molecule is C=CCc1cc(/C=C2/SC(=O)N(CC(=O)Nc3cccc(C)c3C)C2=O)cc(OCC)c1OC. The number of amides is 3. The van der Waals surface area contributed by atoms with Gasteiger partial charge in [-0.05, 0) is 79.9 Å². The molecule has 0 bridgehead atoms. The first kappa shape index (κ1) is 25.1. The molecular weight excluding hydrogens is 452 g/mol. The van der Waals surface area contributed by atoms with Gasteiger partial charge in [0, 0.05) is 11.3 Å². The molecule has 0 aliphatic carbocycles. The summed E-state index contributed by atoms with van der Waals surface area (Å²) in [5.74, 6) is 0.205. The number of nitrogens with zero attached hydrogens (tertiary/aromatic N) is 1. The van der Waals surface area contributed by atoms with E-state index in [1.54, 1.807) is 31.4 Å². The molecule has 34 heavy (non-hydrogen) atoms. The van der Waals surface area contributed by atoms with Crippen LogP contribution in [0.5, 0.6) is 11.5 Å². The van der Waals surface area contributed by atoms with E-state index < -0.39 is 17.1 Å². The van der Waals surface area contributed by atoms with E-state index >= 15 is 0 Å². The largest absolute Gasteiger partial charge is 0.493 e. The molecule has 3 amide bonds. The minimum Gasteiger partial charge on any atom is -0.493 e. The van der Waals surface area contributed by atoms with Crippen LogP contribution in [0.3, 0.4) is 0 Å². The van der Waals surface area contributed by atoms with Crippen molar-refractivity contribution in [3.8, 4) is 11.5 Å². The minimum atomic E-state index is -0.509. The summed E-state index contributed by atoms with van der Waals surface area (Å²) >= 11 is 0.805. The molecule has 0 unspecified atom stereocenters. The van der Waals surface area contributed by atoms with Crippen LogP contribution in [0.4, 0.5) is 10.5 Å². The minimum absolute atomic E-state index is 0.238. The molecule has 3 rings (SSSR count). The Hall–Kier alpha value is -3.52. The Bertz CT molecular complexity index is 1170. The van der Waals surface area contributed by atoms with Crippen molar-refractivity contribution in [2.75, 3.05) is 25.6 Å². The lowest BCUT2D eigenvalue weighted by Crippen LogP contribution is -2.36. The van der Waals surface area contributed by atoms with Crippen LogP contribution in [0.25, 0.3) is 6.08 Å². The van der Waals surface area contributed by atoms with Crippen LogP contribution in [-0.2, 0) is 16.0 Å². The smallest absolute Gasteiger partial charge is 0.294 e. The highest BCUT2D eigenvalue weighted by Gasteiger charge is 2.36. The van der Waals surface area contributed by atoms with Gasteiger partial charge < -0.3 is 14.8 Å². The number of imide groups is 1. The van der Waals surface area contributed by atoms with Gasteiger partial charge in [-0.25, -0.2) is 0 Å². The number of aryl methyl sites for hydroxylation is 1. The monoisotopic (exact) mass is 480 g/mol. The van der Waals surface area contributed by atoms with Crippen LogP contribution in [-0.4, -0.2) is 42.2 Å². The van der Waals surface area contributed by atoms with E-state index in [0.717, 1.165) is 33.4 Å². The summed E-state index contributed by atoms with van der Waals surface area (Å²) in [6.45, 7) is 9.59. The van der Waals surface area contributed by atoms with Crippen LogP contribution in [0.1, 0.15) is 29.2 Å². The van der Waals surface area contributed by atoms with Gasteiger partial charge in [0.2, 0.25) is 5.91 Å². The summed E-state index contributed by atoms with van der Waals surface area (Å²) in [6.07, 6.45) is 3.92. The van der Waals surface area contributed by atoms with Gasteiger partial charge in [0.05, 0.1) is 18.6 Å². The molecule has 2 aromatic rings. The maximum atomic E-state index is 12.9. The van der Waals surface area contributed by atoms with Gasteiger partial charge in [-0.1, -0.05) is 18.2 Å². The number of anilines is 1. The molecule has 1 fully saturated rings. The van der Waals surface area contributed by atoms with Crippen LogP contribution < -0.4 is 14.8 Å². The van der Waals surface area contributed by atoms with Gasteiger partial charge in [-0.2, -0.15) is 0 Å². The van der Waals surface area contributed by atoms with Crippen molar-refractivity contribution in [2.24, 2.45) is 0 Å². The zero-order chi connectivity index (χ0) is 24.8. The first-order chi connectivity index (χ1) is 16.3. The third kappa shape index (κ3) is 5.51. The van der Waals surface area contributed by atoms with Crippen LogP contribution >= 0.6 is 11.8 Å². The van der Waals surface area contributed by atoms with Crippen LogP contribution in [0.2, 0.25) is 0 Å². The van der Waals surface area contributed by atoms with Crippen molar-refractivity contribution >= 4 is 40.6 Å². The predicted octanol–water partition coefficient (Wildman–Crippen LogP) is 5.11. The fourth-order valence-electron chi connectivity index (χ4n) is 3.58. The molecule has 0 atom stereocenters. The van der Waals surface area contributed by atoms with E-state index in [-0.39, 0.29) is 11.4 Å². The number of methoxy groups -OCH3 is 1. The second kappa shape index (κ2) is 11.1. The van der Waals surface area contributed by atoms with Crippen molar-refractivity contribution in [2.45, 2.75) is 27.2 Å². The fourth-order valence-corrected chi connectivity index (χ4v) is 4.41. The molecule has 1 N–H and O–H groups in total. The summed E-state index contributed by atoms with van der Waals surface area (Å²) in [5, 5.41) is 2.30. The highest BCUT2D eigenvalue weighted by molar-refractivity contribution is 8.18. The number of allylic oxidation sites excluding steroid dienone is 1. The van der Waals surface area contributed by atoms with Crippen molar-refractivity contribution in [3.05, 3.63) is 70.1 Å². The highest BCUT2D eigenvalue weighted by Crippen LogP contribution is 2.37. The molecule has 0 saturated carbocycles. The van der Waals surface area contributed by atoms with Gasteiger partial charge in [0.15, 0.2) is 11.5 Å². The molecule has 1 saturated heterocycles. The molecule has 7 nitrogen and oxygen atoms in total. The maximum Gasteiger partial charge on any atom is 0.294 e. The Labute approximate surface area is 203 Å². The summed E-state index contributed by atoms with van der Waals surface area (Å²) in [6, 6.07) is 9.20. The van der Waals surface area contributed by atoms with E-state index in [9.17, 15) is 14.4 Å². The Morgan fingerprint density at radius 1 is 1.24 bits per heavy atom. The van der Waals surface area contributed by atoms with Gasteiger partial charge in [0.25, 0.3) is 11.1 Å². The Morgan fingerprint density at radius 2 is 2.00 bits per heavy atom. The molecule has 1 aliphatic rings. The lowest BCUT2D eigenvalue weighted by atomic mass is 10.0. The average molecular weight is 481 g/mol. The quantitative estimate of drug-likeness (QED) is 0.396. The molecule has 0 aromatic heterocycles. The van der Waals surface area contributed by atoms with E-state index in [4.69, 9.17) is 9.47 Å². The topological polar surface area (TPSA) is 84.9 Å². The average Bonchev–Trinajstić information content (AvgIpc) is 3.04. The fraction of sp³-hybridized carbons (Fsp3) is 0.269. The van der Waals surface area contributed by atoms with Crippen molar-refractivity contribution in [3.63, 3.8) is 0 Å². The second-order valence-corrected chi connectivity index (χ2v) is 8.69. The summed E-state index contributed by atoms with van der Waals surface area (Å²) in [7, 11) is 1.57. The Morgan fingerprint density at radius 3 is 2.68 bits per heavy atom. The van der Waals surface area contributed by atoms with Gasteiger partial charge in [-0.15, -0.1) is 6.58 Å². The molecular formula is C26H28N2O5S. The number of carbonyl (C=O) groups excluding carboxylic acids is 3. The number of hydrogen-bond acceptors (Lipinski definition) is 6. The molecule has 2 aromatic carbocycles. The van der Waals surface area contributed by atoms with E-state index in [1.807, 2.05) is 39.0 Å². The van der Waals surface area contributed by atoms with Gasteiger partial charge >= 0.3 is 0 Å². The standard InChI is InChI=1S/C26H28N2O5S/c1-6-9-19-12-18(13-21(33-7-2)24(19)32-5)14-22-25(30)28(26(31)34-22)15-23(29)27-20-11-8-10-16(3)17(20)4/h6,8,10-14H,1,7,9,15H2,2-5H3,(H,27,29)/b22-14+. The van der Waals surface area contributed by atoms with Crippen molar-refractivity contribution < 1.29 is 23.9 Å². The van der Waals surface area contributed by atoms with Crippen molar-refractivity contribution in [1.82, 2.24) is 4.90 Å². The summed E-state index contributed by atoms with van der Waals surface area (Å²) in [4.78, 5) is 39.2. The summed E-state index contributed by atoms with van der Waals surface area (Å²) < 4.78 is 11.2. The maximum absolute atomic E-state index is 12.9. The number of benzene rings is 2. The Balaban J connectivity index is 1.82. The van der Waals surface area contributed by atoms with Gasteiger partial charge in [0.1, 0.15) is 6.54 Å². The van der Waals surface area contributed by atoms with Crippen LogP contribution in [0.15, 0.2) is 47.9 Å². The second-order valence-electron chi connectivity index (χ2n) is 7.70. The van der Waals surface area contributed by atoms with Gasteiger partial charge in [-0.3, -0.25) is 19.3 Å². The third-order valence-corrected chi connectivity index (χ3v) is 6.28. The molecule has 178 valence electrons.